The van der Waals surface area contributed by atoms with E-state index in [1.54, 1.807) is 18.2 Å². The van der Waals surface area contributed by atoms with Crippen molar-refractivity contribution in [2.75, 3.05) is 19.8 Å². The van der Waals surface area contributed by atoms with Crippen molar-refractivity contribution >= 4 is 18.3 Å². The first-order valence-corrected chi connectivity index (χ1v) is 7.18. The van der Waals surface area contributed by atoms with Crippen LogP contribution in [0.1, 0.15) is 29.6 Å². The number of amides is 1. The molecule has 2 atom stereocenters. The lowest BCUT2D eigenvalue weighted by Crippen LogP contribution is -2.39. The molecule has 0 radical (unpaired) electrons. The van der Waals surface area contributed by atoms with E-state index in [4.69, 9.17) is 15.2 Å². The van der Waals surface area contributed by atoms with E-state index in [1.165, 1.54) is 0 Å². The van der Waals surface area contributed by atoms with Gasteiger partial charge in [0, 0.05) is 11.6 Å². The highest BCUT2D eigenvalue weighted by Gasteiger charge is 2.27. The maximum absolute atomic E-state index is 12.3. The van der Waals surface area contributed by atoms with E-state index in [2.05, 4.69) is 5.32 Å². The summed E-state index contributed by atoms with van der Waals surface area (Å²) in [6.45, 7) is 1.71. The van der Waals surface area contributed by atoms with Crippen LogP contribution in [0.2, 0.25) is 0 Å². The number of hydrogen-bond acceptors (Lipinski definition) is 4. The zero-order valence-electron chi connectivity index (χ0n) is 11.8. The van der Waals surface area contributed by atoms with Crippen molar-refractivity contribution in [2.24, 2.45) is 11.7 Å². The van der Waals surface area contributed by atoms with Crippen LogP contribution in [0.15, 0.2) is 18.2 Å². The summed E-state index contributed by atoms with van der Waals surface area (Å²) >= 11 is 0. The SMILES string of the molecule is Cl.NCC1CCCC1NC(=O)c1ccc2c(c1)OCCO2. The molecule has 6 heteroatoms. The number of halogens is 1. The lowest BCUT2D eigenvalue weighted by molar-refractivity contribution is 0.0927. The molecule has 0 bridgehead atoms. The Bertz CT molecular complexity index is 510. The number of ether oxygens (including phenoxy) is 2. The number of fused-ring (bicyclic) bond motifs is 1. The van der Waals surface area contributed by atoms with E-state index >= 15 is 0 Å². The van der Waals surface area contributed by atoms with Crippen molar-refractivity contribution < 1.29 is 14.3 Å². The molecule has 5 nitrogen and oxygen atoms in total. The van der Waals surface area contributed by atoms with Gasteiger partial charge in [-0.2, -0.15) is 0 Å². The molecule has 116 valence electrons. The third kappa shape index (κ3) is 3.41. The smallest absolute Gasteiger partial charge is 0.251 e. The summed E-state index contributed by atoms with van der Waals surface area (Å²) in [6, 6.07) is 5.50. The summed E-state index contributed by atoms with van der Waals surface area (Å²) in [5.74, 6) is 1.68. The molecule has 1 aromatic rings. The topological polar surface area (TPSA) is 73.6 Å². The highest BCUT2D eigenvalue weighted by atomic mass is 35.5. The van der Waals surface area contributed by atoms with Gasteiger partial charge < -0.3 is 20.5 Å². The zero-order chi connectivity index (χ0) is 13.9. The van der Waals surface area contributed by atoms with Gasteiger partial charge in [0.05, 0.1) is 0 Å². The Hall–Kier alpha value is -1.46. The highest BCUT2D eigenvalue weighted by Crippen LogP contribution is 2.31. The highest BCUT2D eigenvalue weighted by molar-refractivity contribution is 5.95. The molecule has 3 N–H and O–H groups in total. The largest absolute Gasteiger partial charge is 0.486 e. The Labute approximate surface area is 130 Å². The van der Waals surface area contributed by atoms with Gasteiger partial charge in [-0.3, -0.25) is 4.79 Å². The van der Waals surface area contributed by atoms with Crippen LogP contribution in [-0.2, 0) is 0 Å². The molecule has 1 aromatic carbocycles. The Morgan fingerprint density at radius 2 is 2.00 bits per heavy atom. The quantitative estimate of drug-likeness (QED) is 0.891. The number of nitrogens with two attached hydrogens (primary N) is 1. The molecule has 0 saturated heterocycles. The van der Waals surface area contributed by atoms with Gasteiger partial charge in [0.15, 0.2) is 11.5 Å². The van der Waals surface area contributed by atoms with Gasteiger partial charge in [0.25, 0.3) is 5.91 Å². The van der Waals surface area contributed by atoms with E-state index in [0.29, 0.717) is 42.7 Å². The van der Waals surface area contributed by atoms with Crippen molar-refractivity contribution in [1.82, 2.24) is 5.32 Å². The summed E-state index contributed by atoms with van der Waals surface area (Å²) in [7, 11) is 0. The van der Waals surface area contributed by atoms with Crippen LogP contribution in [0.25, 0.3) is 0 Å². The second-order valence-electron chi connectivity index (χ2n) is 5.37. The number of carbonyl (C=O) groups is 1. The second-order valence-corrected chi connectivity index (χ2v) is 5.37. The van der Waals surface area contributed by atoms with Crippen LogP contribution in [0.3, 0.4) is 0 Å². The fraction of sp³-hybridized carbons (Fsp3) is 0.533. The van der Waals surface area contributed by atoms with Crippen molar-refractivity contribution in [3.63, 3.8) is 0 Å². The average Bonchev–Trinajstić information content (AvgIpc) is 2.94. The van der Waals surface area contributed by atoms with Gasteiger partial charge >= 0.3 is 0 Å². The van der Waals surface area contributed by atoms with Crippen molar-refractivity contribution in [1.29, 1.82) is 0 Å². The third-order valence-corrected chi connectivity index (χ3v) is 4.08. The molecule has 1 aliphatic carbocycles. The van der Waals surface area contributed by atoms with E-state index in [0.717, 1.165) is 19.3 Å². The van der Waals surface area contributed by atoms with Crippen molar-refractivity contribution in [2.45, 2.75) is 25.3 Å². The van der Waals surface area contributed by atoms with Crippen LogP contribution in [-0.4, -0.2) is 31.7 Å². The molecular formula is C15H21ClN2O3. The number of benzene rings is 1. The summed E-state index contributed by atoms with van der Waals surface area (Å²) < 4.78 is 11.0. The maximum atomic E-state index is 12.3. The van der Waals surface area contributed by atoms with Crippen LogP contribution in [0.4, 0.5) is 0 Å². The summed E-state index contributed by atoms with van der Waals surface area (Å²) in [6.07, 6.45) is 3.24. The fourth-order valence-electron chi connectivity index (χ4n) is 2.95. The van der Waals surface area contributed by atoms with Gasteiger partial charge in [-0.1, -0.05) is 6.42 Å². The van der Waals surface area contributed by atoms with Crippen molar-refractivity contribution in [3.8, 4) is 11.5 Å². The Kier molecular flexibility index (Phi) is 5.31. The predicted octanol–water partition coefficient (Wildman–Crippen LogP) is 1.74. The first kappa shape index (κ1) is 15.9. The normalized spacial score (nSPS) is 23.3. The Morgan fingerprint density at radius 1 is 1.24 bits per heavy atom. The van der Waals surface area contributed by atoms with Gasteiger partial charge in [-0.15, -0.1) is 12.4 Å². The molecule has 2 aliphatic rings. The second kappa shape index (κ2) is 7.00. The number of rotatable bonds is 3. The predicted molar refractivity (Wildman–Crippen MR) is 82.3 cm³/mol. The minimum Gasteiger partial charge on any atom is -0.486 e. The molecule has 0 aromatic heterocycles. The van der Waals surface area contributed by atoms with E-state index in [1.807, 2.05) is 0 Å². The minimum absolute atomic E-state index is 0. The molecule has 2 unspecified atom stereocenters. The molecule has 1 amide bonds. The third-order valence-electron chi connectivity index (χ3n) is 4.08. The number of hydrogen-bond donors (Lipinski definition) is 2. The minimum atomic E-state index is -0.0627. The van der Waals surface area contributed by atoms with Crippen LogP contribution in [0, 0.1) is 5.92 Å². The first-order chi connectivity index (χ1) is 9.78. The molecule has 21 heavy (non-hydrogen) atoms. The fourth-order valence-corrected chi connectivity index (χ4v) is 2.95. The average molecular weight is 313 g/mol. The molecular weight excluding hydrogens is 292 g/mol. The van der Waals surface area contributed by atoms with Crippen LogP contribution < -0.4 is 20.5 Å². The van der Waals surface area contributed by atoms with Gasteiger partial charge in [0.1, 0.15) is 13.2 Å². The van der Waals surface area contributed by atoms with E-state index < -0.39 is 0 Å². The first-order valence-electron chi connectivity index (χ1n) is 7.18. The van der Waals surface area contributed by atoms with Gasteiger partial charge in [-0.05, 0) is 43.5 Å². The summed E-state index contributed by atoms with van der Waals surface area (Å²) in [4.78, 5) is 12.3. The van der Waals surface area contributed by atoms with Crippen LogP contribution >= 0.6 is 12.4 Å². The lowest BCUT2D eigenvalue weighted by atomic mass is 10.0. The molecule has 1 saturated carbocycles. The molecule has 1 heterocycles. The van der Waals surface area contributed by atoms with Gasteiger partial charge in [-0.25, -0.2) is 0 Å². The lowest BCUT2D eigenvalue weighted by Gasteiger charge is -2.21. The molecule has 0 spiro atoms. The standard InChI is InChI=1S/C15H20N2O3.ClH/c16-9-11-2-1-3-12(11)17-15(18)10-4-5-13-14(8-10)20-7-6-19-13;/h4-5,8,11-12H,1-3,6-7,9,16H2,(H,17,18);1H. The summed E-state index contributed by atoms with van der Waals surface area (Å²) in [5, 5.41) is 3.09. The maximum Gasteiger partial charge on any atom is 0.251 e. The number of nitrogens with one attached hydrogen (secondary N) is 1. The Morgan fingerprint density at radius 3 is 2.76 bits per heavy atom. The Balaban J connectivity index is 0.00000161. The van der Waals surface area contributed by atoms with E-state index in [-0.39, 0.29) is 24.4 Å². The zero-order valence-corrected chi connectivity index (χ0v) is 12.7. The number of carbonyl (C=O) groups excluding carboxylic acids is 1. The monoisotopic (exact) mass is 312 g/mol. The molecule has 1 fully saturated rings. The van der Waals surface area contributed by atoms with Crippen molar-refractivity contribution in [3.05, 3.63) is 23.8 Å². The van der Waals surface area contributed by atoms with Crippen LogP contribution in [0.5, 0.6) is 11.5 Å². The summed E-state index contributed by atoms with van der Waals surface area (Å²) in [5.41, 5.74) is 6.35. The van der Waals surface area contributed by atoms with E-state index in [9.17, 15) is 4.79 Å². The molecule has 3 rings (SSSR count). The molecule has 1 aliphatic heterocycles. The van der Waals surface area contributed by atoms with Gasteiger partial charge in [0.2, 0.25) is 0 Å².